The van der Waals surface area contributed by atoms with Gasteiger partial charge in [-0.05, 0) is 13.8 Å². The third-order valence-electron chi connectivity index (χ3n) is 3.29. The van der Waals surface area contributed by atoms with Crippen molar-refractivity contribution in [3.63, 3.8) is 0 Å². The molecule has 0 N–H and O–H groups in total. The van der Waals surface area contributed by atoms with E-state index in [4.69, 9.17) is 4.74 Å². The molecular formula is C14H22N4O. The fourth-order valence-electron chi connectivity index (χ4n) is 2.09. The molecule has 0 amide bonds. The summed E-state index contributed by atoms with van der Waals surface area (Å²) in [6.45, 7) is 9.45. The summed E-state index contributed by atoms with van der Waals surface area (Å²) in [5, 5.41) is 0. The van der Waals surface area contributed by atoms with Gasteiger partial charge in [0, 0.05) is 38.8 Å². The van der Waals surface area contributed by atoms with Crippen molar-refractivity contribution in [2.24, 2.45) is 0 Å². The zero-order valence-electron chi connectivity index (χ0n) is 12.0. The maximum absolute atomic E-state index is 5.14. The second-order valence-corrected chi connectivity index (χ2v) is 4.99. The Morgan fingerprint density at radius 1 is 1.26 bits per heavy atom. The lowest BCUT2D eigenvalue weighted by atomic mass is 10.2. The molecule has 0 atom stereocenters. The van der Waals surface area contributed by atoms with Crippen LogP contribution < -0.4 is 9.64 Å². The molecule has 1 aromatic rings. The Morgan fingerprint density at radius 2 is 2.00 bits per heavy atom. The van der Waals surface area contributed by atoms with Crippen molar-refractivity contribution in [2.75, 3.05) is 44.7 Å². The van der Waals surface area contributed by atoms with Gasteiger partial charge in [-0.25, -0.2) is 9.97 Å². The van der Waals surface area contributed by atoms with Crippen molar-refractivity contribution in [3.05, 3.63) is 24.0 Å². The topological polar surface area (TPSA) is 41.5 Å². The molecule has 0 unspecified atom stereocenters. The van der Waals surface area contributed by atoms with Crippen LogP contribution in [0.2, 0.25) is 0 Å². The van der Waals surface area contributed by atoms with Gasteiger partial charge in [0.2, 0.25) is 5.88 Å². The lowest BCUT2D eigenvalue weighted by molar-refractivity contribution is 0.282. The molecule has 0 saturated carbocycles. The average molecular weight is 262 g/mol. The first kappa shape index (κ1) is 13.8. The fourth-order valence-corrected chi connectivity index (χ4v) is 2.09. The number of allylic oxidation sites excluding steroid dienone is 1. The largest absolute Gasteiger partial charge is 0.481 e. The summed E-state index contributed by atoms with van der Waals surface area (Å²) in [5.41, 5.74) is 1.38. The van der Waals surface area contributed by atoms with Gasteiger partial charge in [0.15, 0.2) is 0 Å². The number of aromatic nitrogens is 2. The molecule has 2 heterocycles. The number of hydrogen-bond acceptors (Lipinski definition) is 5. The van der Waals surface area contributed by atoms with E-state index in [1.54, 1.807) is 13.4 Å². The van der Waals surface area contributed by atoms with Crippen molar-refractivity contribution < 1.29 is 4.74 Å². The van der Waals surface area contributed by atoms with E-state index in [0.717, 1.165) is 38.5 Å². The summed E-state index contributed by atoms with van der Waals surface area (Å²) in [4.78, 5) is 13.1. The predicted molar refractivity (Wildman–Crippen MR) is 76.7 cm³/mol. The summed E-state index contributed by atoms with van der Waals surface area (Å²) >= 11 is 0. The minimum absolute atomic E-state index is 0.622. The molecule has 1 aliphatic rings. The van der Waals surface area contributed by atoms with Crippen molar-refractivity contribution in [1.82, 2.24) is 14.9 Å². The van der Waals surface area contributed by atoms with Gasteiger partial charge in [-0.1, -0.05) is 11.6 Å². The molecule has 1 saturated heterocycles. The van der Waals surface area contributed by atoms with Crippen LogP contribution >= 0.6 is 0 Å². The first-order valence-electron chi connectivity index (χ1n) is 6.66. The third kappa shape index (κ3) is 3.92. The Hall–Kier alpha value is -1.62. The summed E-state index contributed by atoms with van der Waals surface area (Å²) < 4.78 is 5.14. The van der Waals surface area contributed by atoms with Gasteiger partial charge in [-0.15, -0.1) is 0 Å². The average Bonchev–Trinajstić information content (AvgIpc) is 2.45. The standard InChI is InChI=1S/C14H22N4O/c1-12(2)4-5-17-6-8-18(9-7-17)13-10-14(19-3)16-11-15-13/h4,10-11H,5-9H2,1-3H3. The molecule has 2 rings (SSSR count). The SMILES string of the molecule is COc1cc(N2CCN(CC=C(C)C)CC2)ncn1. The maximum atomic E-state index is 5.14. The highest BCUT2D eigenvalue weighted by molar-refractivity contribution is 5.41. The normalized spacial score (nSPS) is 16.3. The van der Waals surface area contributed by atoms with Crippen molar-refractivity contribution >= 4 is 5.82 Å². The zero-order chi connectivity index (χ0) is 13.7. The molecule has 0 radical (unpaired) electrons. The van der Waals surface area contributed by atoms with E-state index in [1.165, 1.54) is 5.57 Å². The lowest BCUT2D eigenvalue weighted by Crippen LogP contribution is -2.46. The minimum atomic E-state index is 0.622. The van der Waals surface area contributed by atoms with Crippen LogP contribution in [0.4, 0.5) is 5.82 Å². The molecule has 0 bridgehead atoms. The van der Waals surface area contributed by atoms with Crippen LogP contribution in [-0.2, 0) is 0 Å². The number of methoxy groups -OCH3 is 1. The maximum Gasteiger partial charge on any atom is 0.218 e. The Balaban J connectivity index is 1.90. The summed E-state index contributed by atoms with van der Waals surface area (Å²) in [6, 6.07) is 1.89. The fraction of sp³-hybridized carbons (Fsp3) is 0.571. The van der Waals surface area contributed by atoms with Gasteiger partial charge in [0.05, 0.1) is 7.11 Å². The Labute approximate surface area is 114 Å². The van der Waals surface area contributed by atoms with Gasteiger partial charge in [-0.2, -0.15) is 0 Å². The molecule has 1 aliphatic heterocycles. The molecule has 0 aliphatic carbocycles. The second-order valence-electron chi connectivity index (χ2n) is 4.99. The molecular weight excluding hydrogens is 240 g/mol. The van der Waals surface area contributed by atoms with Gasteiger partial charge >= 0.3 is 0 Å². The first-order valence-corrected chi connectivity index (χ1v) is 6.66. The number of anilines is 1. The molecule has 1 aromatic heterocycles. The molecule has 5 nitrogen and oxygen atoms in total. The molecule has 1 fully saturated rings. The van der Waals surface area contributed by atoms with E-state index in [9.17, 15) is 0 Å². The monoisotopic (exact) mass is 262 g/mol. The number of piperazine rings is 1. The van der Waals surface area contributed by atoms with E-state index in [0.29, 0.717) is 5.88 Å². The Morgan fingerprint density at radius 3 is 2.63 bits per heavy atom. The minimum Gasteiger partial charge on any atom is -0.481 e. The summed E-state index contributed by atoms with van der Waals surface area (Å²) in [7, 11) is 1.63. The van der Waals surface area contributed by atoms with E-state index in [2.05, 4.69) is 39.7 Å². The van der Waals surface area contributed by atoms with Gasteiger partial charge in [0.25, 0.3) is 0 Å². The summed E-state index contributed by atoms with van der Waals surface area (Å²) in [5.74, 6) is 1.57. The number of rotatable bonds is 4. The van der Waals surface area contributed by atoms with Crippen molar-refractivity contribution in [3.8, 4) is 5.88 Å². The molecule has 5 heteroatoms. The number of nitrogens with zero attached hydrogens (tertiary/aromatic N) is 4. The third-order valence-corrected chi connectivity index (χ3v) is 3.29. The van der Waals surface area contributed by atoms with Gasteiger partial charge in [-0.3, -0.25) is 4.90 Å². The lowest BCUT2D eigenvalue weighted by Gasteiger charge is -2.34. The van der Waals surface area contributed by atoms with Crippen LogP contribution in [0.3, 0.4) is 0 Å². The highest BCUT2D eigenvalue weighted by Gasteiger charge is 2.17. The molecule has 0 aromatic carbocycles. The van der Waals surface area contributed by atoms with Gasteiger partial charge in [0.1, 0.15) is 12.1 Å². The van der Waals surface area contributed by atoms with Crippen LogP contribution in [0.15, 0.2) is 24.0 Å². The van der Waals surface area contributed by atoms with Crippen LogP contribution in [0, 0.1) is 0 Å². The van der Waals surface area contributed by atoms with Crippen LogP contribution in [0.5, 0.6) is 5.88 Å². The van der Waals surface area contributed by atoms with Crippen LogP contribution in [-0.4, -0.2) is 54.7 Å². The smallest absolute Gasteiger partial charge is 0.218 e. The highest BCUT2D eigenvalue weighted by atomic mass is 16.5. The predicted octanol–water partition coefficient (Wildman–Crippen LogP) is 1.57. The number of hydrogen-bond donors (Lipinski definition) is 0. The van der Waals surface area contributed by atoms with E-state index < -0.39 is 0 Å². The molecule has 19 heavy (non-hydrogen) atoms. The van der Waals surface area contributed by atoms with Crippen LogP contribution in [0.1, 0.15) is 13.8 Å². The van der Waals surface area contributed by atoms with Crippen molar-refractivity contribution in [1.29, 1.82) is 0 Å². The Kier molecular flexibility index (Phi) is 4.74. The quantitative estimate of drug-likeness (QED) is 0.771. The van der Waals surface area contributed by atoms with E-state index >= 15 is 0 Å². The zero-order valence-corrected chi connectivity index (χ0v) is 12.0. The van der Waals surface area contributed by atoms with Crippen LogP contribution in [0.25, 0.3) is 0 Å². The summed E-state index contributed by atoms with van der Waals surface area (Å²) in [6.07, 6.45) is 3.84. The first-order chi connectivity index (χ1) is 9.19. The van der Waals surface area contributed by atoms with E-state index in [1.807, 2.05) is 6.07 Å². The second kappa shape index (κ2) is 6.52. The van der Waals surface area contributed by atoms with E-state index in [-0.39, 0.29) is 0 Å². The Bertz CT molecular complexity index is 435. The molecule has 0 spiro atoms. The molecule has 104 valence electrons. The number of ether oxygens (including phenoxy) is 1. The van der Waals surface area contributed by atoms with Gasteiger partial charge < -0.3 is 9.64 Å². The van der Waals surface area contributed by atoms with Crippen molar-refractivity contribution in [2.45, 2.75) is 13.8 Å². The highest BCUT2D eigenvalue weighted by Crippen LogP contribution is 2.17.